The predicted molar refractivity (Wildman–Crippen MR) is 80.6 cm³/mol. The van der Waals surface area contributed by atoms with Crippen molar-refractivity contribution in [3.63, 3.8) is 0 Å². The van der Waals surface area contributed by atoms with Gasteiger partial charge >= 0.3 is 5.76 Å². The van der Waals surface area contributed by atoms with Crippen LogP contribution in [0.15, 0.2) is 36.6 Å². The maximum Gasteiger partial charge on any atom is 0.446 e. The number of nitrogens with two attached hydrogens (primary N) is 1. The molecule has 0 bridgehead atoms. The van der Waals surface area contributed by atoms with Crippen LogP contribution in [0.4, 0.5) is 10.2 Å². The van der Waals surface area contributed by atoms with Gasteiger partial charge in [-0.1, -0.05) is 5.16 Å². The van der Waals surface area contributed by atoms with Crippen molar-refractivity contribution in [2.24, 2.45) is 5.73 Å². The van der Waals surface area contributed by atoms with E-state index in [2.05, 4.69) is 45.9 Å². The highest BCUT2D eigenvalue weighted by molar-refractivity contribution is 9.10. The zero-order chi connectivity index (χ0) is 17.3. The summed E-state index contributed by atoms with van der Waals surface area (Å²) in [5, 5.41) is 13.9. The van der Waals surface area contributed by atoms with Gasteiger partial charge in [0.2, 0.25) is 11.6 Å². The lowest BCUT2D eigenvalue weighted by Gasteiger charge is -2.05. The molecule has 2 aromatic heterocycles. The van der Waals surface area contributed by atoms with E-state index in [4.69, 9.17) is 7.10 Å². The molecule has 0 aliphatic rings. The van der Waals surface area contributed by atoms with Crippen LogP contribution in [0.1, 0.15) is 1.37 Å². The number of anilines is 1. The third-order valence-electron chi connectivity index (χ3n) is 2.83. The molecule has 0 aliphatic heterocycles. The van der Waals surface area contributed by atoms with Crippen LogP contribution in [-0.4, -0.2) is 33.1 Å². The molecule has 3 N–H and O–H groups in total. The first-order valence-electron chi connectivity index (χ1n) is 6.84. The molecular formula is C12H10BrFN6O3. The van der Waals surface area contributed by atoms with Crippen molar-refractivity contribution < 1.29 is 14.9 Å². The fraction of sp³-hybridized carbons (Fsp3) is 0.167. The summed E-state index contributed by atoms with van der Waals surface area (Å²) >= 11 is 2.99. The van der Waals surface area contributed by atoms with E-state index in [1.54, 1.807) is 0 Å². The largest absolute Gasteiger partial charge is 0.446 e. The molecule has 1 aromatic carbocycles. The van der Waals surface area contributed by atoms with E-state index in [9.17, 15) is 9.18 Å². The number of halogens is 2. The van der Waals surface area contributed by atoms with E-state index < -0.39 is 17.6 Å². The van der Waals surface area contributed by atoms with Gasteiger partial charge in [-0.3, -0.25) is 4.52 Å². The lowest BCUT2D eigenvalue weighted by atomic mass is 10.3. The van der Waals surface area contributed by atoms with Gasteiger partial charge in [-0.05, 0) is 44.4 Å². The van der Waals surface area contributed by atoms with E-state index in [1.807, 2.05) is 0 Å². The second-order valence-electron chi connectivity index (χ2n) is 4.30. The number of aromatic nitrogens is 4. The SMILES string of the molecule is [2H]c1cc(-n2c(-c3nonc3NCCN)noc2=O)cc(Br)c1F. The normalized spacial score (nSPS) is 11.5. The molecule has 0 saturated carbocycles. The summed E-state index contributed by atoms with van der Waals surface area (Å²) in [6, 6.07) is 2.07. The number of hydrogen-bond acceptors (Lipinski definition) is 8. The number of nitrogens with zero attached hydrogens (tertiary/aromatic N) is 4. The number of nitrogens with one attached hydrogen (secondary N) is 1. The summed E-state index contributed by atoms with van der Waals surface area (Å²) < 4.78 is 31.6. The van der Waals surface area contributed by atoms with Gasteiger partial charge in [0.1, 0.15) is 5.82 Å². The Morgan fingerprint density at radius 3 is 3.04 bits per heavy atom. The Hall–Kier alpha value is -2.53. The highest BCUT2D eigenvalue weighted by atomic mass is 79.9. The molecular weight excluding hydrogens is 375 g/mol. The van der Waals surface area contributed by atoms with Gasteiger partial charge in [0.15, 0.2) is 5.69 Å². The van der Waals surface area contributed by atoms with E-state index in [0.29, 0.717) is 13.1 Å². The van der Waals surface area contributed by atoms with Gasteiger partial charge in [-0.2, -0.15) is 0 Å². The highest BCUT2D eigenvalue weighted by Crippen LogP contribution is 2.25. The van der Waals surface area contributed by atoms with Crippen LogP contribution >= 0.6 is 15.9 Å². The summed E-state index contributed by atoms with van der Waals surface area (Å²) in [6.07, 6.45) is 0. The van der Waals surface area contributed by atoms with E-state index in [-0.39, 0.29) is 27.5 Å². The Morgan fingerprint density at radius 1 is 1.48 bits per heavy atom. The Labute approximate surface area is 137 Å². The van der Waals surface area contributed by atoms with Crippen LogP contribution in [0.3, 0.4) is 0 Å². The summed E-state index contributed by atoms with van der Waals surface area (Å²) in [5.41, 5.74) is 5.70. The fourth-order valence-electron chi connectivity index (χ4n) is 1.84. The second kappa shape index (κ2) is 6.30. The van der Waals surface area contributed by atoms with Crippen LogP contribution in [0.2, 0.25) is 0 Å². The third kappa shape index (κ3) is 2.87. The van der Waals surface area contributed by atoms with Gasteiger partial charge in [-0.25, -0.2) is 18.4 Å². The van der Waals surface area contributed by atoms with Crippen molar-refractivity contribution >= 4 is 21.7 Å². The van der Waals surface area contributed by atoms with Crippen LogP contribution in [0.5, 0.6) is 0 Å². The molecule has 23 heavy (non-hydrogen) atoms. The quantitative estimate of drug-likeness (QED) is 0.669. The molecule has 0 saturated heterocycles. The molecule has 0 radical (unpaired) electrons. The standard InChI is InChI=1S/C12H10BrFN6O3/c13-7-5-6(1-2-8(7)14)20-11(19-22-12(20)21)9-10(16-4-3-15)18-23-17-9/h1-2,5H,3-4,15H2,(H,16,18)/i2D. The number of rotatable bonds is 5. The maximum atomic E-state index is 13.6. The Kier molecular flexibility index (Phi) is 3.86. The molecule has 0 unspecified atom stereocenters. The first kappa shape index (κ1) is 14.1. The molecule has 3 rings (SSSR count). The van der Waals surface area contributed by atoms with Crippen molar-refractivity contribution in [3.8, 4) is 17.2 Å². The van der Waals surface area contributed by atoms with Gasteiger partial charge in [0, 0.05) is 13.1 Å². The van der Waals surface area contributed by atoms with Gasteiger partial charge < -0.3 is 11.1 Å². The first-order valence-corrected chi connectivity index (χ1v) is 7.14. The van der Waals surface area contributed by atoms with Crippen molar-refractivity contribution in [3.05, 3.63) is 39.0 Å². The summed E-state index contributed by atoms with van der Waals surface area (Å²) in [4.78, 5) is 12.0. The molecule has 0 spiro atoms. The van der Waals surface area contributed by atoms with Crippen molar-refractivity contribution in [1.29, 1.82) is 0 Å². The average molecular weight is 386 g/mol. The molecule has 9 nitrogen and oxygen atoms in total. The highest BCUT2D eigenvalue weighted by Gasteiger charge is 2.22. The van der Waals surface area contributed by atoms with Crippen LogP contribution in [-0.2, 0) is 0 Å². The fourth-order valence-corrected chi connectivity index (χ4v) is 2.19. The molecule has 3 aromatic rings. The smallest absolute Gasteiger partial charge is 0.364 e. The third-order valence-corrected chi connectivity index (χ3v) is 3.41. The molecule has 11 heteroatoms. The molecule has 0 atom stereocenters. The summed E-state index contributed by atoms with van der Waals surface area (Å²) in [7, 11) is 0. The van der Waals surface area contributed by atoms with Crippen LogP contribution < -0.4 is 16.8 Å². The molecule has 0 aliphatic carbocycles. The zero-order valence-electron chi connectivity index (χ0n) is 12.4. The Balaban J connectivity index is 2.14. The number of hydrogen-bond donors (Lipinski definition) is 2. The van der Waals surface area contributed by atoms with Crippen molar-refractivity contribution in [2.45, 2.75) is 0 Å². The molecule has 0 amide bonds. The average Bonchev–Trinajstić information content (AvgIpc) is 3.16. The minimum absolute atomic E-state index is 0.0151. The monoisotopic (exact) mass is 385 g/mol. The minimum atomic E-state index is -0.837. The molecule has 120 valence electrons. The van der Waals surface area contributed by atoms with E-state index in [1.165, 1.54) is 6.07 Å². The topological polar surface area (TPSA) is 125 Å². The lowest BCUT2D eigenvalue weighted by Crippen LogP contribution is -2.16. The number of benzene rings is 1. The predicted octanol–water partition coefficient (Wildman–Crippen LogP) is 1.15. The van der Waals surface area contributed by atoms with E-state index in [0.717, 1.165) is 10.6 Å². The van der Waals surface area contributed by atoms with E-state index >= 15 is 0 Å². The summed E-state index contributed by atoms with van der Waals surface area (Å²) in [5.74, 6) is -1.39. The molecule has 2 heterocycles. The Bertz CT molecular complexity index is 916. The lowest BCUT2D eigenvalue weighted by molar-refractivity contribution is 0.309. The van der Waals surface area contributed by atoms with Crippen LogP contribution in [0, 0.1) is 5.82 Å². The molecule has 0 fully saturated rings. The van der Waals surface area contributed by atoms with Gasteiger partial charge in [0.05, 0.1) is 11.5 Å². The maximum absolute atomic E-state index is 13.6. The van der Waals surface area contributed by atoms with Crippen molar-refractivity contribution in [1.82, 2.24) is 20.0 Å². The summed E-state index contributed by atoms with van der Waals surface area (Å²) in [6.45, 7) is 0.729. The van der Waals surface area contributed by atoms with Crippen molar-refractivity contribution in [2.75, 3.05) is 18.4 Å². The first-order chi connectivity index (χ1) is 11.5. The second-order valence-corrected chi connectivity index (χ2v) is 5.16. The minimum Gasteiger partial charge on any atom is -0.364 e. The van der Waals surface area contributed by atoms with Gasteiger partial charge in [0.25, 0.3) is 0 Å². The zero-order valence-corrected chi connectivity index (χ0v) is 13.0. The Morgan fingerprint density at radius 2 is 2.30 bits per heavy atom. The van der Waals surface area contributed by atoms with Crippen LogP contribution in [0.25, 0.3) is 17.2 Å². The van der Waals surface area contributed by atoms with Gasteiger partial charge in [-0.15, -0.1) is 0 Å².